The van der Waals surface area contributed by atoms with Crippen molar-refractivity contribution in [2.45, 2.75) is 25.7 Å². The van der Waals surface area contributed by atoms with Gasteiger partial charge in [0.2, 0.25) is 0 Å². The van der Waals surface area contributed by atoms with Crippen LogP contribution in [0.2, 0.25) is 0 Å². The third kappa shape index (κ3) is 4.45. The molecule has 0 atom stereocenters. The van der Waals surface area contributed by atoms with Gasteiger partial charge in [-0.2, -0.15) is 0 Å². The average Bonchev–Trinajstić information content (AvgIpc) is 2.25. The van der Waals surface area contributed by atoms with E-state index in [4.69, 9.17) is 5.73 Å². The largest absolute Gasteiger partial charge is 0.399 e. The number of allylic oxidation sites excluding steroid dienone is 1. The molecule has 0 radical (unpaired) electrons. The molecule has 0 heterocycles. The summed E-state index contributed by atoms with van der Waals surface area (Å²) in [4.78, 5) is 11.4. The lowest BCUT2D eigenvalue weighted by Crippen LogP contribution is -1.99. The van der Waals surface area contributed by atoms with Crippen molar-refractivity contribution in [2.75, 3.05) is 5.73 Å². The lowest BCUT2D eigenvalue weighted by atomic mass is 10.0. The van der Waals surface area contributed by atoms with Gasteiger partial charge in [0.1, 0.15) is 5.78 Å². The van der Waals surface area contributed by atoms with Crippen LogP contribution in [0.1, 0.15) is 24.8 Å². The second kappa shape index (κ2) is 6.02. The zero-order chi connectivity index (χ0) is 11.1. The number of ketones is 1. The molecule has 0 aromatic heterocycles. The lowest BCUT2D eigenvalue weighted by molar-refractivity contribution is -0.118. The fraction of sp³-hybridized carbons (Fsp3) is 0.308. The Balaban J connectivity index is 2.33. The fourth-order valence-electron chi connectivity index (χ4n) is 1.36. The molecule has 0 bridgehead atoms. The Morgan fingerprint density at radius 2 is 1.93 bits per heavy atom. The zero-order valence-corrected chi connectivity index (χ0v) is 8.91. The highest BCUT2D eigenvalue weighted by Gasteiger charge is 2.01. The summed E-state index contributed by atoms with van der Waals surface area (Å²) in [5.74, 6) is 0.298. The highest BCUT2D eigenvalue weighted by Crippen LogP contribution is 2.08. The van der Waals surface area contributed by atoms with Crippen molar-refractivity contribution in [3.05, 3.63) is 42.5 Å². The van der Waals surface area contributed by atoms with Crippen LogP contribution in [0.4, 0.5) is 5.69 Å². The zero-order valence-electron chi connectivity index (χ0n) is 8.91. The van der Waals surface area contributed by atoms with Crippen LogP contribution < -0.4 is 5.73 Å². The number of hydrogen-bond donors (Lipinski definition) is 1. The third-order valence-electron chi connectivity index (χ3n) is 2.30. The van der Waals surface area contributed by atoms with Crippen LogP contribution in [0.25, 0.3) is 0 Å². The number of rotatable bonds is 6. The fourth-order valence-corrected chi connectivity index (χ4v) is 1.36. The SMILES string of the molecule is C=CCCC(=O)CCc1ccc(N)cc1. The van der Waals surface area contributed by atoms with Gasteiger partial charge in [0.15, 0.2) is 0 Å². The second-order valence-electron chi connectivity index (χ2n) is 3.61. The van der Waals surface area contributed by atoms with E-state index in [1.807, 2.05) is 24.3 Å². The summed E-state index contributed by atoms with van der Waals surface area (Å²) in [5.41, 5.74) is 7.49. The topological polar surface area (TPSA) is 43.1 Å². The number of carbonyl (C=O) groups is 1. The van der Waals surface area contributed by atoms with E-state index >= 15 is 0 Å². The van der Waals surface area contributed by atoms with E-state index in [1.165, 1.54) is 0 Å². The molecule has 0 aliphatic heterocycles. The van der Waals surface area contributed by atoms with E-state index in [0.29, 0.717) is 18.6 Å². The highest BCUT2D eigenvalue weighted by atomic mass is 16.1. The quantitative estimate of drug-likeness (QED) is 0.570. The van der Waals surface area contributed by atoms with Crippen LogP contribution in [-0.4, -0.2) is 5.78 Å². The number of anilines is 1. The molecule has 0 spiro atoms. The van der Waals surface area contributed by atoms with E-state index in [-0.39, 0.29) is 0 Å². The summed E-state index contributed by atoms with van der Waals surface area (Å²) in [6, 6.07) is 7.67. The maximum Gasteiger partial charge on any atom is 0.133 e. The first-order valence-electron chi connectivity index (χ1n) is 5.19. The van der Waals surface area contributed by atoms with Gasteiger partial charge in [0, 0.05) is 18.5 Å². The van der Waals surface area contributed by atoms with Crippen molar-refractivity contribution in [2.24, 2.45) is 0 Å². The van der Waals surface area contributed by atoms with E-state index in [2.05, 4.69) is 6.58 Å². The Morgan fingerprint density at radius 1 is 1.27 bits per heavy atom. The molecule has 0 saturated heterocycles. The predicted octanol–water partition coefficient (Wildman–Crippen LogP) is 2.74. The standard InChI is InChI=1S/C13H17NO/c1-2-3-4-13(15)10-7-11-5-8-12(14)9-6-11/h2,5-6,8-9H,1,3-4,7,10,14H2. The maximum atomic E-state index is 11.4. The molecule has 2 N–H and O–H groups in total. The number of aryl methyl sites for hydroxylation is 1. The Bertz CT molecular complexity index is 327. The van der Waals surface area contributed by atoms with Crippen LogP contribution in [0.5, 0.6) is 0 Å². The van der Waals surface area contributed by atoms with E-state index in [0.717, 1.165) is 24.1 Å². The van der Waals surface area contributed by atoms with Crippen LogP contribution in [0.3, 0.4) is 0 Å². The van der Waals surface area contributed by atoms with Crippen molar-refractivity contribution in [1.29, 1.82) is 0 Å². The molecule has 0 aliphatic carbocycles. The molecule has 15 heavy (non-hydrogen) atoms. The smallest absolute Gasteiger partial charge is 0.133 e. The van der Waals surface area contributed by atoms with Crippen molar-refractivity contribution < 1.29 is 4.79 Å². The lowest BCUT2D eigenvalue weighted by Gasteiger charge is -2.01. The number of Topliss-reactive ketones (excluding diaryl/α,β-unsaturated/α-hetero) is 1. The van der Waals surface area contributed by atoms with Crippen LogP contribution >= 0.6 is 0 Å². The molecule has 0 amide bonds. The number of carbonyl (C=O) groups excluding carboxylic acids is 1. The van der Waals surface area contributed by atoms with Crippen molar-refractivity contribution in [3.63, 3.8) is 0 Å². The number of benzene rings is 1. The molecule has 0 saturated carbocycles. The number of hydrogen-bond acceptors (Lipinski definition) is 2. The molecular formula is C13H17NO. The first-order valence-corrected chi connectivity index (χ1v) is 5.19. The number of nitrogen functional groups attached to an aromatic ring is 1. The maximum absolute atomic E-state index is 11.4. The summed E-state index contributed by atoms with van der Waals surface area (Å²) in [6.45, 7) is 3.59. The second-order valence-corrected chi connectivity index (χ2v) is 3.61. The summed E-state index contributed by atoms with van der Waals surface area (Å²) in [6.07, 6.45) is 4.58. The summed E-state index contributed by atoms with van der Waals surface area (Å²) >= 11 is 0. The van der Waals surface area contributed by atoms with Gasteiger partial charge in [-0.1, -0.05) is 18.2 Å². The van der Waals surface area contributed by atoms with E-state index in [1.54, 1.807) is 6.08 Å². The molecule has 0 aliphatic rings. The molecule has 0 fully saturated rings. The van der Waals surface area contributed by atoms with Gasteiger partial charge in [-0.15, -0.1) is 6.58 Å². The monoisotopic (exact) mass is 203 g/mol. The van der Waals surface area contributed by atoms with E-state index in [9.17, 15) is 4.79 Å². The van der Waals surface area contributed by atoms with Gasteiger partial charge in [-0.05, 0) is 30.5 Å². The highest BCUT2D eigenvalue weighted by molar-refractivity contribution is 5.78. The Morgan fingerprint density at radius 3 is 2.53 bits per heavy atom. The first kappa shape index (κ1) is 11.5. The van der Waals surface area contributed by atoms with E-state index < -0.39 is 0 Å². The minimum Gasteiger partial charge on any atom is -0.399 e. The van der Waals surface area contributed by atoms with Crippen LogP contribution in [0, 0.1) is 0 Å². The minimum absolute atomic E-state index is 0.298. The van der Waals surface area contributed by atoms with Gasteiger partial charge >= 0.3 is 0 Å². The third-order valence-corrected chi connectivity index (χ3v) is 2.30. The van der Waals surface area contributed by atoms with Crippen molar-refractivity contribution >= 4 is 11.5 Å². The Kier molecular flexibility index (Phi) is 4.61. The molecular weight excluding hydrogens is 186 g/mol. The molecule has 0 unspecified atom stereocenters. The molecule has 1 aromatic carbocycles. The molecule has 80 valence electrons. The van der Waals surface area contributed by atoms with Crippen LogP contribution in [0.15, 0.2) is 36.9 Å². The van der Waals surface area contributed by atoms with Gasteiger partial charge in [0.25, 0.3) is 0 Å². The Labute approximate surface area is 90.8 Å². The van der Waals surface area contributed by atoms with Gasteiger partial charge in [0.05, 0.1) is 0 Å². The van der Waals surface area contributed by atoms with Crippen molar-refractivity contribution in [3.8, 4) is 0 Å². The normalized spacial score (nSPS) is 9.87. The molecule has 2 heteroatoms. The summed E-state index contributed by atoms with van der Waals surface area (Å²) in [5, 5.41) is 0. The molecule has 2 nitrogen and oxygen atoms in total. The summed E-state index contributed by atoms with van der Waals surface area (Å²) in [7, 11) is 0. The van der Waals surface area contributed by atoms with Crippen LogP contribution in [-0.2, 0) is 11.2 Å². The van der Waals surface area contributed by atoms with Gasteiger partial charge in [-0.25, -0.2) is 0 Å². The Hall–Kier alpha value is -1.57. The number of nitrogens with two attached hydrogens (primary N) is 1. The molecule has 1 aromatic rings. The summed E-state index contributed by atoms with van der Waals surface area (Å²) < 4.78 is 0. The predicted molar refractivity (Wildman–Crippen MR) is 63.6 cm³/mol. The van der Waals surface area contributed by atoms with Gasteiger partial charge < -0.3 is 5.73 Å². The first-order chi connectivity index (χ1) is 7.22. The van der Waals surface area contributed by atoms with Gasteiger partial charge in [-0.3, -0.25) is 4.79 Å². The van der Waals surface area contributed by atoms with Crippen molar-refractivity contribution in [1.82, 2.24) is 0 Å². The molecule has 1 rings (SSSR count). The average molecular weight is 203 g/mol. The minimum atomic E-state index is 0.298.